The zero-order chi connectivity index (χ0) is 14.5. The van der Waals surface area contributed by atoms with Crippen LogP contribution >= 0.6 is 0 Å². The lowest BCUT2D eigenvalue weighted by atomic mass is 10.0. The van der Waals surface area contributed by atoms with E-state index >= 15 is 0 Å². The van der Waals surface area contributed by atoms with Crippen LogP contribution in [0.15, 0.2) is 18.2 Å². The van der Waals surface area contributed by atoms with Crippen LogP contribution in [0.4, 0.5) is 13.2 Å². The van der Waals surface area contributed by atoms with E-state index in [9.17, 15) is 22.8 Å². The maximum absolute atomic E-state index is 12.6. The summed E-state index contributed by atoms with van der Waals surface area (Å²) in [6.07, 6.45) is -4.46. The molecule has 0 bridgehead atoms. The van der Waals surface area contributed by atoms with Crippen LogP contribution in [0.3, 0.4) is 0 Å². The van der Waals surface area contributed by atoms with Crippen LogP contribution in [-0.2, 0) is 11.0 Å². The molecule has 0 heterocycles. The van der Waals surface area contributed by atoms with Gasteiger partial charge in [-0.05, 0) is 18.2 Å². The maximum atomic E-state index is 12.6. The monoisotopic (exact) mass is 269 g/mol. The third-order valence-corrected chi connectivity index (χ3v) is 2.14. The molecule has 0 aromatic heterocycles. The molecule has 0 saturated carbocycles. The molecule has 3 nitrogen and oxygen atoms in total. The maximum Gasteiger partial charge on any atom is 0.417 e. The SMILES string of the molecule is CC(=O)NCC#Cc1ccc(C=O)c(C(F)(F)F)c1. The fourth-order valence-corrected chi connectivity index (χ4v) is 1.30. The number of amides is 1. The summed E-state index contributed by atoms with van der Waals surface area (Å²) in [5.41, 5.74) is -1.32. The van der Waals surface area contributed by atoms with Gasteiger partial charge in [0.2, 0.25) is 5.91 Å². The number of carbonyl (C=O) groups excluding carboxylic acids is 2. The predicted molar refractivity (Wildman–Crippen MR) is 62.4 cm³/mol. The highest BCUT2D eigenvalue weighted by Gasteiger charge is 2.33. The third kappa shape index (κ3) is 4.47. The topological polar surface area (TPSA) is 46.2 Å². The minimum atomic E-state index is -4.61. The van der Waals surface area contributed by atoms with Gasteiger partial charge in [0.15, 0.2) is 6.29 Å². The summed E-state index contributed by atoms with van der Waals surface area (Å²) < 4.78 is 37.9. The number of hydrogen-bond acceptors (Lipinski definition) is 2. The second-order valence-electron chi connectivity index (χ2n) is 3.63. The molecule has 0 atom stereocenters. The number of carbonyl (C=O) groups is 2. The quantitative estimate of drug-likeness (QED) is 0.659. The van der Waals surface area contributed by atoms with Gasteiger partial charge in [0.05, 0.1) is 12.1 Å². The Labute approximate surface area is 107 Å². The van der Waals surface area contributed by atoms with Crippen molar-refractivity contribution >= 4 is 12.2 Å². The van der Waals surface area contributed by atoms with Crippen molar-refractivity contribution in [2.24, 2.45) is 0 Å². The fraction of sp³-hybridized carbons (Fsp3) is 0.231. The molecule has 0 fully saturated rings. The molecule has 0 saturated heterocycles. The van der Waals surface area contributed by atoms with Gasteiger partial charge in [-0.1, -0.05) is 11.8 Å². The van der Waals surface area contributed by atoms with E-state index in [1.165, 1.54) is 13.0 Å². The summed E-state index contributed by atoms with van der Waals surface area (Å²) >= 11 is 0. The van der Waals surface area contributed by atoms with E-state index in [4.69, 9.17) is 0 Å². The van der Waals surface area contributed by atoms with Crippen molar-refractivity contribution in [3.63, 3.8) is 0 Å². The van der Waals surface area contributed by atoms with Gasteiger partial charge in [0.25, 0.3) is 0 Å². The first kappa shape index (κ1) is 14.8. The Bertz CT molecular complexity index is 553. The van der Waals surface area contributed by atoms with Crippen molar-refractivity contribution in [1.29, 1.82) is 0 Å². The van der Waals surface area contributed by atoms with Crippen LogP contribution in [0.2, 0.25) is 0 Å². The summed E-state index contributed by atoms with van der Waals surface area (Å²) in [7, 11) is 0. The Morgan fingerprint density at radius 1 is 1.42 bits per heavy atom. The Morgan fingerprint density at radius 3 is 2.63 bits per heavy atom. The molecule has 1 aromatic rings. The van der Waals surface area contributed by atoms with Crippen molar-refractivity contribution in [3.05, 3.63) is 34.9 Å². The lowest BCUT2D eigenvalue weighted by molar-refractivity contribution is -0.137. The van der Waals surface area contributed by atoms with Crippen LogP contribution in [0.1, 0.15) is 28.4 Å². The minimum Gasteiger partial charge on any atom is -0.345 e. The summed E-state index contributed by atoms with van der Waals surface area (Å²) in [4.78, 5) is 21.1. The van der Waals surface area contributed by atoms with Crippen molar-refractivity contribution in [1.82, 2.24) is 5.32 Å². The number of rotatable bonds is 2. The van der Waals surface area contributed by atoms with Gasteiger partial charge in [-0.15, -0.1) is 0 Å². The molecule has 1 N–H and O–H groups in total. The molecule has 1 amide bonds. The van der Waals surface area contributed by atoms with E-state index in [1.54, 1.807) is 0 Å². The highest BCUT2D eigenvalue weighted by atomic mass is 19.4. The van der Waals surface area contributed by atoms with Gasteiger partial charge < -0.3 is 5.32 Å². The second kappa shape index (κ2) is 6.05. The van der Waals surface area contributed by atoms with Crippen LogP contribution in [0, 0.1) is 11.8 Å². The lowest BCUT2D eigenvalue weighted by Gasteiger charge is -2.09. The van der Waals surface area contributed by atoms with Crippen molar-refractivity contribution in [2.75, 3.05) is 6.54 Å². The Hall–Kier alpha value is -2.29. The Kier molecular flexibility index (Phi) is 4.70. The number of halogens is 3. The third-order valence-electron chi connectivity index (χ3n) is 2.14. The Balaban J connectivity index is 2.99. The van der Waals surface area contributed by atoms with Crippen LogP contribution < -0.4 is 5.32 Å². The van der Waals surface area contributed by atoms with Gasteiger partial charge in [0, 0.05) is 18.1 Å². The standard InChI is InChI=1S/C13H10F3NO2/c1-9(19)17-6-2-3-10-4-5-11(8-18)12(7-10)13(14,15)16/h4-5,7-8H,6H2,1H3,(H,17,19). The van der Waals surface area contributed by atoms with Crippen molar-refractivity contribution in [3.8, 4) is 11.8 Å². The minimum absolute atomic E-state index is 0.0477. The molecule has 0 aliphatic carbocycles. The average Bonchev–Trinajstić information content (AvgIpc) is 2.33. The van der Waals surface area contributed by atoms with Crippen LogP contribution in [-0.4, -0.2) is 18.7 Å². The van der Waals surface area contributed by atoms with Gasteiger partial charge in [0.1, 0.15) is 0 Å². The number of aldehydes is 1. The fourth-order valence-electron chi connectivity index (χ4n) is 1.30. The second-order valence-corrected chi connectivity index (χ2v) is 3.63. The Morgan fingerprint density at radius 2 is 2.11 bits per heavy atom. The summed E-state index contributed by atoms with van der Waals surface area (Å²) in [5, 5.41) is 2.39. The van der Waals surface area contributed by atoms with Gasteiger partial charge in [-0.25, -0.2) is 0 Å². The van der Waals surface area contributed by atoms with Crippen molar-refractivity contribution in [2.45, 2.75) is 13.1 Å². The molecule has 100 valence electrons. The first-order valence-electron chi connectivity index (χ1n) is 5.24. The predicted octanol–water partition coefficient (Wildman–Crippen LogP) is 2.01. The molecule has 0 unspecified atom stereocenters. The largest absolute Gasteiger partial charge is 0.417 e. The summed E-state index contributed by atoms with van der Waals surface area (Å²) in [6.45, 7) is 1.36. The molecule has 0 aliphatic heterocycles. The van der Waals surface area contributed by atoms with Crippen LogP contribution in [0.5, 0.6) is 0 Å². The average molecular weight is 269 g/mol. The molecule has 0 radical (unpaired) electrons. The normalized spacial score (nSPS) is 10.3. The van der Waals surface area contributed by atoms with E-state index in [-0.39, 0.29) is 24.3 Å². The molecule has 0 spiro atoms. The number of alkyl halides is 3. The van der Waals surface area contributed by atoms with E-state index in [1.807, 2.05) is 0 Å². The molecule has 6 heteroatoms. The molecule has 1 rings (SSSR count). The summed E-state index contributed by atoms with van der Waals surface area (Å²) in [6, 6.07) is 3.20. The first-order chi connectivity index (χ1) is 8.84. The molecular weight excluding hydrogens is 259 g/mol. The van der Waals surface area contributed by atoms with E-state index < -0.39 is 17.3 Å². The molecule has 0 aliphatic rings. The first-order valence-corrected chi connectivity index (χ1v) is 5.24. The molecule has 19 heavy (non-hydrogen) atoms. The number of benzene rings is 1. The highest BCUT2D eigenvalue weighted by molar-refractivity contribution is 5.78. The number of hydrogen-bond donors (Lipinski definition) is 1. The van der Waals surface area contributed by atoms with Gasteiger partial charge in [-0.3, -0.25) is 9.59 Å². The van der Waals surface area contributed by atoms with Gasteiger partial charge in [-0.2, -0.15) is 13.2 Å². The smallest absolute Gasteiger partial charge is 0.345 e. The number of nitrogens with one attached hydrogen (secondary N) is 1. The van der Waals surface area contributed by atoms with Crippen molar-refractivity contribution < 1.29 is 22.8 Å². The van der Waals surface area contributed by atoms with Gasteiger partial charge >= 0.3 is 6.18 Å². The lowest BCUT2D eigenvalue weighted by Crippen LogP contribution is -2.19. The summed E-state index contributed by atoms with van der Waals surface area (Å²) in [5.74, 6) is 4.72. The zero-order valence-electron chi connectivity index (χ0n) is 9.97. The van der Waals surface area contributed by atoms with E-state index in [0.29, 0.717) is 0 Å². The van der Waals surface area contributed by atoms with E-state index in [0.717, 1.165) is 12.1 Å². The highest BCUT2D eigenvalue weighted by Crippen LogP contribution is 2.31. The molecular formula is C13H10F3NO2. The molecule has 1 aromatic carbocycles. The zero-order valence-corrected chi connectivity index (χ0v) is 9.97. The van der Waals surface area contributed by atoms with Crippen LogP contribution in [0.25, 0.3) is 0 Å². The van der Waals surface area contributed by atoms with E-state index in [2.05, 4.69) is 17.2 Å².